The highest BCUT2D eigenvalue weighted by Crippen LogP contribution is 2.50. The molecule has 1 saturated carbocycles. The number of methoxy groups -OCH3 is 1. The summed E-state index contributed by atoms with van der Waals surface area (Å²) in [6.45, 7) is 6.09. The number of amides is 1. The third kappa shape index (κ3) is 3.85. The number of rotatable bonds is 6. The fourth-order valence-electron chi connectivity index (χ4n) is 3.18. The van der Waals surface area contributed by atoms with Crippen molar-refractivity contribution in [2.45, 2.75) is 43.7 Å². The van der Waals surface area contributed by atoms with Gasteiger partial charge in [0.1, 0.15) is 5.54 Å². The third-order valence-corrected chi connectivity index (χ3v) is 6.34. The van der Waals surface area contributed by atoms with Gasteiger partial charge in [0.25, 0.3) is 0 Å². The van der Waals surface area contributed by atoms with E-state index in [2.05, 4.69) is 10.1 Å². The Morgan fingerprint density at radius 1 is 1.30 bits per heavy atom. The van der Waals surface area contributed by atoms with Crippen LogP contribution in [0.1, 0.15) is 37.6 Å². The molecule has 1 aromatic rings. The maximum Gasteiger partial charge on any atom is 0.337 e. The van der Waals surface area contributed by atoms with Crippen molar-refractivity contribution in [3.05, 3.63) is 23.8 Å². The SMILES string of the molecule is CCOC1CC(N)(C(=O)Nc2cc(C(=O)OC)cc(S(C)(=O)=O)c2)C1(C)C. The van der Waals surface area contributed by atoms with Crippen LogP contribution < -0.4 is 11.1 Å². The van der Waals surface area contributed by atoms with Crippen molar-refractivity contribution < 1.29 is 27.5 Å². The lowest BCUT2D eigenvalue weighted by Crippen LogP contribution is -2.74. The summed E-state index contributed by atoms with van der Waals surface area (Å²) in [6, 6.07) is 3.84. The molecule has 0 aromatic heterocycles. The van der Waals surface area contributed by atoms with Gasteiger partial charge in [0.05, 0.1) is 23.7 Å². The van der Waals surface area contributed by atoms with E-state index in [9.17, 15) is 18.0 Å². The van der Waals surface area contributed by atoms with Gasteiger partial charge in [-0.2, -0.15) is 0 Å². The summed E-state index contributed by atoms with van der Waals surface area (Å²) in [4.78, 5) is 24.6. The molecular formula is C18H26N2O6S. The molecule has 2 unspecified atom stereocenters. The number of hydrogen-bond donors (Lipinski definition) is 2. The van der Waals surface area contributed by atoms with Crippen molar-refractivity contribution in [1.82, 2.24) is 0 Å². The topological polar surface area (TPSA) is 125 Å². The van der Waals surface area contributed by atoms with Crippen LogP contribution in [-0.4, -0.2) is 51.9 Å². The fourth-order valence-corrected chi connectivity index (χ4v) is 3.87. The van der Waals surface area contributed by atoms with Gasteiger partial charge >= 0.3 is 5.97 Å². The molecule has 1 aliphatic rings. The summed E-state index contributed by atoms with van der Waals surface area (Å²) >= 11 is 0. The minimum Gasteiger partial charge on any atom is -0.465 e. The zero-order valence-electron chi connectivity index (χ0n) is 16.2. The van der Waals surface area contributed by atoms with Crippen LogP contribution in [-0.2, 0) is 24.1 Å². The van der Waals surface area contributed by atoms with Gasteiger partial charge in [0.2, 0.25) is 5.91 Å². The lowest BCUT2D eigenvalue weighted by Gasteiger charge is -2.57. The number of sulfone groups is 1. The second-order valence-corrected chi connectivity index (χ2v) is 9.32. The van der Waals surface area contributed by atoms with Crippen molar-refractivity contribution in [3.8, 4) is 0 Å². The fraction of sp³-hybridized carbons (Fsp3) is 0.556. The Kier molecular flexibility index (Phi) is 5.70. The highest BCUT2D eigenvalue weighted by Gasteiger charge is 2.62. The quantitative estimate of drug-likeness (QED) is 0.693. The van der Waals surface area contributed by atoms with Crippen molar-refractivity contribution in [2.75, 3.05) is 25.3 Å². The molecule has 0 radical (unpaired) electrons. The predicted molar refractivity (Wildman–Crippen MR) is 100 cm³/mol. The largest absolute Gasteiger partial charge is 0.465 e. The number of carbonyl (C=O) groups excluding carboxylic acids is 2. The lowest BCUT2D eigenvalue weighted by atomic mass is 9.54. The first-order valence-corrected chi connectivity index (χ1v) is 10.4. The molecule has 1 aliphatic carbocycles. The van der Waals surface area contributed by atoms with Crippen LogP contribution in [0.2, 0.25) is 0 Å². The number of ether oxygens (including phenoxy) is 2. The summed E-state index contributed by atoms with van der Waals surface area (Å²) in [5.41, 5.74) is 4.72. The minimum atomic E-state index is -3.60. The predicted octanol–water partition coefficient (Wildman–Crippen LogP) is 1.35. The highest BCUT2D eigenvalue weighted by molar-refractivity contribution is 7.90. The van der Waals surface area contributed by atoms with Gasteiger partial charge in [-0.05, 0) is 25.1 Å². The van der Waals surface area contributed by atoms with E-state index in [-0.39, 0.29) is 22.3 Å². The summed E-state index contributed by atoms with van der Waals surface area (Å²) in [5, 5.41) is 2.64. The standard InChI is InChI=1S/C18H26N2O6S/c1-6-26-14-10-18(19,17(14,2)3)16(22)20-12-7-11(15(21)25-4)8-13(9-12)27(5,23)24/h7-9,14H,6,10,19H2,1-5H3,(H,20,22). The van der Waals surface area contributed by atoms with Crippen molar-refractivity contribution >= 4 is 27.4 Å². The molecule has 2 rings (SSSR count). The van der Waals surface area contributed by atoms with Gasteiger partial charge in [-0.3, -0.25) is 4.79 Å². The van der Waals surface area contributed by atoms with Crippen LogP contribution in [0.3, 0.4) is 0 Å². The zero-order chi connectivity index (χ0) is 20.6. The summed E-state index contributed by atoms with van der Waals surface area (Å²) in [7, 11) is -2.41. The van der Waals surface area contributed by atoms with Crippen LogP contribution in [0.4, 0.5) is 5.69 Å². The van der Waals surface area contributed by atoms with Gasteiger partial charge in [-0.15, -0.1) is 0 Å². The number of benzene rings is 1. The molecule has 2 atom stereocenters. The molecule has 0 saturated heterocycles. The number of nitrogens with one attached hydrogen (secondary N) is 1. The van der Waals surface area contributed by atoms with E-state index < -0.39 is 32.7 Å². The van der Waals surface area contributed by atoms with E-state index in [4.69, 9.17) is 10.5 Å². The van der Waals surface area contributed by atoms with Gasteiger partial charge in [-0.1, -0.05) is 13.8 Å². The van der Waals surface area contributed by atoms with Gasteiger partial charge in [0.15, 0.2) is 9.84 Å². The van der Waals surface area contributed by atoms with E-state index in [1.54, 1.807) is 0 Å². The molecule has 27 heavy (non-hydrogen) atoms. The Labute approximate surface area is 159 Å². The average molecular weight is 398 g/mol. The molecule has 3 N–H and O–H groups in total. The van der Waals surface area contributed by atoms with E-state index in [1.807, 2.05) is 20.8 Å². The van der Waals surface area contributed by atoms with E-state index in [0.29, 0.717) is 13.0 Å². The van der Waals surface area contributed by atoms with Crippen molar-refractivity contribution in [2.24, 2.45) is 11.1 Å². The van der Waals surface area contributed by atoms with Crippen LogP contribution in [0.25, 0.3) is 0 Å². The van der Waals surface area contributed by atoms with Crippen LogP contribution in [0, 0.1) is 5.41 Å². The van der Waals surface area contributed by atoms with Gasteiger partial charge in [-0.25, -0.2) is 13.2 Å². The normalized spacial score (nSPS) is 24.0. The number of hydrogen-bond acceptors (Lipinski definition) is 7. The Hall–Kier alpha value is -1.97. The average Bonchev–Trinajstić information content (AvgIpc) is 2.59. The number of esters is 1. The molecule has 0 spiro atoms. The van der Waals surface area contributed by atoms with Crippen LogP contribution in [0.15, 0.2) is 23.1 Å². The second kappa shape index (κ2) is 7.21. The molecular weight excluding hydrogens is 372 g/mol. The number of carbonyl (C=O) groups is 2. The molecule has 1 aromatic carbocycles. The van der Waals surface area contributed by atoms with Gasteiger partial charge < -0.3 is 20.5 Å². The zero-order valence-corrected chi connectivity index (χ0v) is 17.0. The number of nitrogens with two attached hydrogens (primary N) is 1. The lowest BCUT2D eigenvalue weighted by molar-refractivity contribution is -0.166. The van der Waals surface area contributed by atoms with Crippen molar-refractivity contribution in [1.29, 1.82) is 0 Å². The number of anilines is 1. The molecule has 9 heteroatoms. The minimum absolute atomic E-state index is 0.0156. The monoisotopic (exact) mass is 398 g/mol. The summed E-state index contributed by atoms with van der Waals surface area (Å²) in [5.74, 6) is -1.18. The third-order valence-electron chi connectivity index (χ3n) is 5.25. The smallest absolute Gasteiger partial charge is 0.337 e. The van der Waals surface area contributed by atoms with E-state index >= 15 is 0 Å². The molecule has 1 amide bonds. The first-order chi connectivity index (χ1) is 12.4. The summed E-state index contributed by atoms with van der Waals surface area (Å²) < 4.78 is 34.1. The Bertz CT molecular complexity index is 865. The van der Waals surface area contributed by atoms with Gasteiger partial charge in [0, 0.05) is 30.4 Å². The van der Waals surface area contributed by atoms with Crippen LogP contribution >= 0.6 is 0 Å². The molecule has 0 heterocycles. The maximum atomic E-state index is 12.8. The Balaban J connectivity index is 2.34. The second-order valence-electron chi connectivity index (χ2n) is 7.31. The molecule has 0 bridgehead atoms. The Morgan fingerprint density at radius 3 is 2.41 bits per heavy atom. The van der Waals surface area contributed by atoms with Crippen molar-refractivity contribution in [3.63, 3.8) is 0 Å². The first kappa shape index (κ1) is 21.3. The Morgan fingerprint density at radius 2 is 1.93 bits per heavy atom. The summed E-state index contributed by atoms with van der Waals surface area (Å²) in [6.07, 6.45) is 1.21. The highest BCUT2D eigenvalue weighted by atomic mass is 32.2. The van der Waals surface area contributed by atoms with E-state index in [1.165, 1.54) is 25.3 Å². The maximum absolute atomic E-state index is 12.8. The van der Waals surface area contributed by atoms with E-state index in [0.717, 1.165) is 6.26 Å². The van der Waals surface area contributed by atoms with Crippen LogP contribution in [0.5, 0.6) is 0 Å². The first-order valence-electron chi connectivity index (χ1n) is 8.52. The molecule has 8 nitrogen and oxygen atoms in total. The molecule has 150 valence electrons. The molecule has 1 fully saturated rings. The molecule has 0 aliphatic heterocycles.